The average Bonchev–Trinajstić information content (AvgIpc) is 2.38. The monoisotopic (exact) mass is 278 g/mol. The number of aromatic carboxylic acids is 1. The van der Waals surface area contributed by atoms with Crippen LogP contribution in [0.5, 0.6) is 0 Å². The second-order valence-electron chi connectivity index (χ2n) is 3.67. The second-order valence-corrected chi connectivity index (χ2v) is 5.13. The highest BCUT2D eigenvalue weighted by atomic mass is 35.5. The third kappa shape index (κ3) is 3.06. The van der Waals surface area contributed by atoms with Crippen molar-refractivity contribution in [1.29, 1.82) is 0 Å². The summed E-state index contributed by atoms with van der Waals surface area (Å²) in [4.78, 5) is 12.2. The van der Waals surface area contributed by atoms with Crippen LogP contribution in [-0.2, 0) is 5.75 Å². The molecule has 2 aromatic carbocycles. The van der Waals surface area contributed by atoms with E-state index in [4.69, 9.17) is 16.7 Å². The van der Waals surface area contributed by atoms with Gasteiger partial charge in [-0.1, -0.05) is 35.9 Å². The molecule has 0 aliphatic carbocycles. The highest BCUT2D eigenvalue weighted by Crippen LogP contribution is 2.28. The topological polar surface area (TPSA) is 37.3 Å². The lowest BCUT2D eigenvalue weighted by Crippen LogP contribution is -2.01. The van der Waals surface area contributed by atoms with Crippen LogP contribution < -0.4 is 0 Å². The van der Waals surface area contributed by atoms with E-state index < -0.39 is 5.97 Å². The smallest absolute Gasteiger partial charge is 0.336 e. The predicted molar refractivity (Wildman–Crippen MR) is 74.4 cm³/mol. The van der Waals surface area contributed by atoms with Crippen molar-refractivity contribution in [3.05, 3.63) is 64.7 Å². The van der Waals surface area contributed by atoms with Crippen LogP contribution in [0.3, 0.4) is 0 Å². The van der Waals surface area contributed by atoms with Crippen molar-refractivity contribution in [3.63, 3.8) is 0 Å². The Morgan fingerprint density at radius 1 is 1.11 bits per heavy atom. The summed E-state index contributed by atoms with van der Waals surface area (Å²) in [5.41, 5.74) is 0.937. The van der Waals surface area contributed by atoms with Crippen molar-refractivity contribution in [2.45, 2.75) is 10.6 Å². The summed E-state index contributed by atoms with van der Waals surface area (Å²) in [5, 5.41) is 9.62. The van der Waals surface area contributed by atoms with E-state index in [-0.39, 0.29) is 5.56 Å². The largest absolute Gasteiger partial charge is 0.478 e. The van der Waals surface area contributed by atoms with E-state index >= 15 is 0 Å². The first-order valence-corrected chi connectivity index (χ1v) is 6.73. The van der Waals surface area contributed by atoms with Gasteiger partial charge in [-0.15, -0.1) is 11.8 Å². The molecule has 0 aliphatic heterocycles. The number of rotatable bonds is 4. The molecular formula is C14H11ClO2S. The Kier molecular flexibility index (Phi) is 4.28. The van der Waals surface area contributed by atoms with Crippen molar-refractivity contribution in [3.8, 4) is 0 Å². The van der Waals surface area contributed by atoms with Crippen LogP contribution in [0.1, 0.15) is 15.9 Å². The van der Waals surface area contributed by atoms with Gasteiger partial charge in [0, 0.05) is 15.7 Å². The standard InChI is InChI=1S/C14H11ClO2S/c15-13-8-4-7-11(14(16)17)12(13)9-18-10-5-2-1-3-6-10/h1-8H,9H2,(H,16,17). The molecule has 2 nitrogen and oxygen atoms in total. The van der Waals surface area contributed by atoms with Crippen molar-refractivity contribution in [2.24, 2.45) is 0 Å². The molecule has 1 N–H and O–H groups in total. The lowest BCUT2D eigenvalue weighted by molar-refractivity contribution is 0.0696. The fourth-order valence-electron chi connectivity index (χ4n) is 1.58. The Labute approximate surface area is 115 Å². The van der Waals surface area contributed by atoms with Gasteiger partial charge in [0.15, 0.2) is 0 Å². The Hall–Kier alpha value is -1.45. The quantitative estimate of drug-likeness (QED) is 0.846. The number of thioether (sulfide) groups is 1. The number of carbonyl (C=O) groups is 1. The van der Waals surface area contributed by atoms with Crippen LogP contribution in [-0.4, -0.2) is 11.1 Å². The van der Waals surface area contributed by atoms with E-state index in [2.05, 4.69) is 0 Å². The molecule has 4 heteroatoms. The number of benzene rings is 2. The Bertz CT molecular complexity index is 555. The Morgan fingerprint density at radius 3 is 2.50 bits per heavy atom. The minimum Gasteiger partial charge on any atom is -0.478 e. The van der Waals surface area contributed by atoms with E-state index in [0.29, 0.717) is 16.3 Å². The van der Waals surface area contributed by atoms with Crippen LogP contribution in [0.25, 0.3) is 0 Å². The van der Waals surface area contributed by atoms with Gasteiger partial charge >= 0.3 is 5.97 Å². The maximum absolute atomic E-state index is 11.1. The summed E-state index contributed by atoms with van der Waals surface area (Å²) in [7, 11) is 0. The molecule has 92 valence electrons. The first kappa shape index (κ1) is 13.0. The van der Waals surface area contributed by atoms with Gasteiger partial charge in [-0.25, -0.2) is 4.79 Å². The van der Waals surface area contributed by atoms with Crippen LogP contribution in [0.4, 0.5) is 0 Å². The normalized spacial score (nSPS) is 10.3. The van der Waals surface area contributed by atoms with Crippen LogP contribution >= 0.6 is 23.4 Å². The van der Waals surface area contributed by atoms with E-state index in [9.17, 15) is 4.79 Å². The highest BCUT2D eigenvalue weighted by molar-refractivity contribution is 7.98. The number of halogens is 1. The number of carboxylic acids is 1. The van der Waals surface area contributed by atoms with Gasteiger partial charge in [-0.3, -0.25) is 0 Å². The number of hydrogen-bond acceptors (Lipinski definition) is 2. The molecule has 0 aromatic heterocycles. The molecule has 0 amide bonds. The molecule has 0 aliphatic rings. The maximum Gasteiger partial charge on any atom is 0.336 e. The zero-order valence-corrected chi connectivity index (χ0v) is 11.0. The third-order valence-corrected chi connectivity index (χ3v) is 3.87. The molecule has 0 bridgehead atoms. The number of hydrogen-bond donors (Lipinski definition) is 1. The summed E-state index contributed by atoms with van der Waals surface area (Å²) in [6, 6.07) is 14.8. The first-order chi connectivity index (χ1) is 8.68. The van der Waals surface area contributed by atoms with Gasteiger partial charge in [0.2, 0.25) is 0 Å². The molecule has 0 spiro atoms. The van der Waals surface area contributed by atoms with Crippen LogP contribution in [0.2, 0.25) is 5.02 Å². The summed E-state index contributed by atoms with van der Waals surface area (Å²) in [5.74, 6) is -0.396. The Balaban J connectivity index is 2.21. The van der Waals surface area contributed by atoms with E-state index in [1.807, 2.05) is 30.3 Å². The van der Waals surface area contributed by atoms with Gasteiger partial charge in [-0.2, -0.15) is 0 Å². The molecule has 0 heterocycles. The van der Waals surface area contributed by atoms with Gasteiger partial charge < -0.3 is 5.11 Å². The minimum absolute atomic E-state index is 0.269. The van der Waals surface area contributed by atoms with Crippen LogP contribution in [0.15, 0.2) is 53.4 Å². The molecule has 18 heavy (non-hydrogen) atoms. The van der Waals surface area contributed by atoms with Crippen molar-refractivity contribution in [2.75, 3.05) is 0 Å². The fraction of sp³-hybridized carbons (Fsp3) is 0.0714. The molecule has 0 saturated heterocycles. The lowest BCUT2D eigenvalue weighted by Gasteiger charge is -2.08. The van der Waals surface area contributed by atoms with E-state index in [1.165, 1.54) is 0 Å². The summed E-state index contributed by atoms with van der Waals surface area (Å²) < 4.78 is 0. The SMILES string of the molecule is O=C(O)c1cccc(Cl)c1CSc1ccccc1. The number of carboxylic acid groups (broad SMARTS) is 1. The molecule has 0 radical (unpaired) electrons. The predicted octanol–water partition coefficient (Wildman–Crippen LogP) is 4.33. The van der Waals surface area contributed by atoms with E-state index in [1.54, 1.807) is 30.0 Å². The Morgan fingerprint density at radius 2 is 1.83 bits per heavy atom. The molecular weight excluding hydrogens is 268 g/mol. The first-order valence-electron chi connectivity index (χ1n) is 5.37. The fourth-order valence-corrected chi connectivity index (χ4v) is 2.87. The van der Waals surface area contributed by atoms with Gasteiger partial charge in [0.1, 0.15) is 0 Å². The summed E-state index contributed by atoms with van der Waals surface area (Å²) in [6.45, 7) is 0. The molecule has 0 atom stereocenters. The van der Waals surface area contributed by atoms with Gasteiger partial charge in [0.25, 0.3) is 0 Å². The zero-order chi connectivity index (χ0) is 13.0. The molecule has 0 fully saturated rings. The van der Waals surface area contributed by atoms with Gasteiger partial charge in [0.05, 0.1) is 5.56 Å². The van der Waals surface area contributed by atoms with Crippen molar-refractivity contribution in [1.82, 2.24) is 0 Å². The van der Waals surface area contributed by atoms with Crippen molar-refractivity contribution >= 4 is 29.3 Å². The average molecular weight is 279 g/mol. The molecule has 2 rings (SSSR count). The summed E-state index contributed by atoms with van der Waals surface area (Å²) in [6.07, 6.45) is 0. The molecule has 2 aromatic rings. The van der Waals surface area contributed by atoms with Crippen LogP contribution in [0, 0.1) is 0 Å². The molecule has 0 saturated carbocycles. The zero-order valence-electron chi connectivity index (χ0n) is 9.47. The van der Waals surface area contributed by atoms with E-state index in [0.717, 1.165) is 4.90 Å². The molecule has 0 unspecified atom stereocenters. The second kappa shape index (κ2) is 5.94. The maximum atomic E-state index is 11.1. The third-order valence-electron chi connectivity index (χ3n) is 2.48. The van der Waals surface area contributed by atoms with Crippen molar-refractivity contribution < 1.29 is 9.90 Å². The minimum atomic E-state index is -0.943. The lowest BCUT2D eigenvalue weighted by atomic mass is 10.1. The van der Waals surface area contributed by atoms with Gasteiger partial charge in [-0.05, 0) is 29.8 Å². The highest BCUT2D eigenvalue weighted by Gasteiger charge is 2.12. The summed E-state index contributed by atoms with van der Waals surface area (Å²) >= 11 is 7.63.